The van der Waals surface area contributed by atoms with E-state index in [0.29, 0.717) is 23.7 Å². The maximum absolute atomic E-state index is 12.9. The molecule has 0 aliphatic rings. The minimum Gasteiger partial charge on any atom is -0.496 e. The van der Waals surface area contributed by atoms with Crippen LogP contribution in [-0.4, -0.2) is 22.8 Å². The molecule has 1 amide bonds. The summed E-state index contributed by atoms with van der Waals surface area (Å²) in [6.07, 6.45) is 1.68. The van der Waals surface area contributed by atoms with Crippen molar-refractivity contribution in [2.75, 3.05) is 12.4 Å². The lowest BCUT2D eigenvalue weighted by atomic mass is 10.1. The molecular weight excluding hydrogens is 426 g/mol. The number of fused-ring (bicyclic) bond motifs is 1. The molecule has 0 atom stereocenters. The van der Waals surface area contributed by atoms with E-state index in [1.165, 1.54) is 0 Å². The van der Waals surface area contributed by atoms with Crippen LogP contribution < -0.4 is 10.1 Å². The highest BCUT2D eigenvalue weighted by Crippen LogP contribution is 2.27. The molecule has 2 heterocycles. The average molecular weight is 442 g/mol. The van der Waals surface area contributed by atoms with Crippen LogP contribution in [0.25, 0.3) is 10.8 Å². The lowest BCUT2D eigenvalue weighted by Crippen LogP contribution is -2.17. The average Bonchev–Trinajstić information content (AvgIpc) is 3.29. The molecule has 7 heteroatoms. The number of rotatable bonds is 5. The van der Waals surface area contributed by atoms with Crippen LogP contribution in [0.1, 0.15) is 15.2 Å². The van der Waals surface area contributed by atoms with Gasteiger partial charge in [0.15, 0.2) is 0 Å². The molecule has 0 unspecified atom stereocenters. The first-order chi connectivity index (χ1) is 13.1. The normalized spacial score (nSPS) is 10.9. The first-order valence-corrected chi connectivity index (χ1v) is 9.94. The zero-order valence-corrected chi connectivity index (χ0v) is 16.9. The Balaban J connectivity index is 1.61. The third-order valence-corrected chi connectivity index (χ3v) is 5.88. The Hall–Kier alpha value is -2.64. The van der Waals surface area contributed by atoms with Crippen molar-refractivity contribution >= 4 is 49.8 Å². The van der Waals surface area contributed by atoms with Crippen molar-refractivity contribution in [3.63, 3.8) is 0 Å². The van der Waals surface area contributed by atoms with Gasteiger partial charge in [0.1, 0.15) is 11.6 Å². The SMILES string of the molecule is COc1cc2ccccc2cc1C(=O)Nc1ccnn1Cc1cc(Br)cs1. The molecule has 0 saturated carbocycles. The van der Waals surface area contributed by atoms with Gasteiger partial charge in [-0.3, -0.25) is 4.79 Å². The number of halogens is 1. The molecule has 0 aliphatic carbocycles. The van der Waals surface area contributed by atoms with Crippen molar-refractivity contribution in [2.45, 2.75) is 6.54 Å². The van der Waals surface area contributed by atoms with Crippen LogP contribution in [0.5, 0.6) is 5.75 Å². The fraction of sp³-hybridized carbons (Fsp3) is 0.100. The van der Waals surface area contributed by atoms with Gasteiger partial charge in [-0.25, -0.2) is 4.68 Å². The molecule has 27 heavy (non-hydrogen) atoms. The summed E-state index contributed by atoms with van der Waals surface area (Å²) in [5, 5.41) is 11.3. The summed E-state index contributed by atoms with van der Waals surface area (Å²) in [6.45, 7) is 0.591. The smallest absolute Gasteiger partial charge is 0.260 e. The first-order valence-electron chi connectivity index (χ1n) is 8.27. The van der Waals surface area contributed by atoms with E-state index in [1.807, 2.05) is 47.8 Å². The molecule has 1 N–H and O–H groups in total. The standard InChI is InChI=1S/C20H16BrN3O2S/c1-26-18-9-14-5-3-2-4-13(14)8-17(18)20(25)23-19-6-7-22-24(19)11-16-10-15(21)12-27-16/h2-10,12H,11H2,1H3,(H,23,25). The number of carbonyl (C=O) groups is 1. The van der Waals surface area contributed by atoms with E-state index in [0.717, 1.165) is 20.1 Å². The van der Waals surface area contributed by atoms with Gasteiger partial charge in [0.2, 0.25) is 0 Å². The second-order valence-corrected chi connectivity index (χ2v) is 7.87. The highest BCUT2D eigenvalue weighted by atomic mass is 79.9. The van der Waals surface area contributed by atoms with Crippen LogP contribution in [0.15, 0.2) is 64.6 Å². The molecule has 0 radical (unpaired) electrons. The van der Waals surface area contributed by atoms with Crippen molar-refractivity contribution in [1.82, 2.24) is 9.78 Å². The summed E-state index contributed by atoms with van der Waals surface area (Å²) >= 11 is 5.10. The molecule has 2 aromatic carbocycles. The summed E-state index contributed by atoms with van der Waals surface area (Å²) in [7, 11) is 1.57. The Morgan fingerprint density at radius 3 is 2.70 bits per heavy atom. The van der Waals surface area contributed by atoms with Crippen LogP contribution in [0, 0.1) is 0 Å². The number of nitrogens with one attached hydrogen (secondary N) is 1. The predicted octanol–water partition coefficient (Wildman–Crippen LogP) is 5.17. The lowest BCUT2D eigenvalue weighted by Gasteiger charge is -2.12. The van der Waals surface area contributed by atoms with E-state index in [-0.39, 0.29) is 5.91 Å². The van der Waals surface area contributed by atoms with Gasteiger partial charge in [0.05, 0.1) is 25.4 Å². The Kier molecular flexibility index (Phi) is 4.96. The number of thiophene rings is 1. The first kappa shape index (κ1) is 17.8. The van der Waals surface area contributed by atoms with Crippen LogP contribution in [0.3, 0.4) is 0 Å². The molecular formula is C20H16BrN3O2S. The molecule has 0 saturated heterocycles. The zero-order chi connectivity index (χ0) is 18.8. The van der Waals surface area contributed by atoms with Gasteiger partial charge < -0.3 is 10.1 Å². The van der Waals surface area contributed by atoms with Gasteiger partial charge in [-0.05, 0) is 44.9 Å². The molecule has 4 aromatic rings. The molecule has 0 aliphatic heterocycles. The van der Waals surface area contributed by atoms with Gasteiger partial charge in [-0.1, -0.05) is 24.3 Å². The summed E-state index contributed by atoms with van der Waals surface area (Å²) < 4.78 is 8.25. The molecule has 0 spiro atoms. The van der Waals surface area contributed by atoms with Crippen LogP contribution in [0.2, 0.25) is 0 Å². The second-order valence-electron chi connectivity index (χ2n) is 5.96. The fourth-order valence-corrected chi connectivity index (χ4v) is 4.33. The number of hydrogen-bond acceptors (Lipinski definition) is 4. The maximum Gasteiger partial charge on any atom is 0.260 e. The van der Waals surface area contributed by atoms with Crippen LogP contribution in [0.4, 0.5) is 5.82 Å². The van der Waals surface area contributed by atoms with E-state index in [1.54, 1.807) is 35.4 Å². The summed E-state index contributed by atoms with van der Waals surface area (Å²) in [6, 6.07) is 15.4. The monoisotopic (exact) mass is 441 g/mol. The van der Waals surface area contributed by atoms with Crippen molar-refractivity contribution in [1.29, 1.82) is 0 Å². The highest BCUT2D eigenvalue weighted by Gasteiger charge is 2.16. The molecule has 2 aromatic heterocycles. The maximum atomic E-state index is 12.9. The van der Waals surface area contributed by atoms with Gasteiger partial charge in [-0.15, -0.1) is 11.3 Å². The third-order valence-electron chi connectivity index (χ3n) is 4.20. The number of nitrogens with zero attached hydrogens (tertiary/aromatic N) is 2. The van der Waals surface area contributed by atoms with Crippen molar-refractivity contribution in [3.8, 4) is 5.75 Å². The van der Waals surface area contributed by atoms with Gasteiger partial charge >= 0.3 is 0 Å². The number of amides is 1. The van der Waals surface area contributed by atoms with E-state index in [9.17, 15) is 4.79 Å². The van der Waals surface area contributed by atoms with E-state index < -0.39 is 0 Å². The number of ether oxygens (including phenoxy) is 1. The Bertz CT molecular complexity index is 1120. The zero-order valence-electron chi connectivity index (χ0n) is 14.5. The summed E-state index contributed by atoms with van der Waals surface area (Å²) in [4.78, 5) is 14.1. The molecule has 4 rings (SSSR count). The second kappa shape index (κ2) is 7.54. The lowest BCUT2D eigenvalue weighted by molar-refractivity contribution is 0.102. The van der Waals surface area contributed by atoms with E-state index in [2.05, 4.69) is 26.3 Å². The quantitative estimate of drug-likeness (QED) is 0.464. The van der Waals surface area contributed by atoms with Gasteiger partial charge in [0, 0.05) is 20.8 Å². The van der Waals surface area contributed by atoms with E-state index in [4.69, 9.17) is 4.74 Å². The minimum atomic E-state index is -0.230. The minimum absolute atomic E-state index is 0.230. The summed E-state index contributed by atoms with van der Waals surface area (Å²) in [5.74, 6) is 0.950. The fourth-order valence-electron chi connectivity index (χ4n) is 2.90. The number of aromatic nitrogens is 2. The number of hydrogen-bond donors (Lipinski definition) is 1. The van der Waals surface area contributed by atoms with E-state index >= 15 is 0 Å². The molecule has 0 bridgehead atoms. The number of carbonyl (C=O) groups excluding carboxylic acids is 1. The predicted molar refractivity (Wildman–Crippen MR) is 112 cm³/mol. The van der Waals surface area contributed by atoms with Crippen molar-refractivity contribution in [3.05, 3.63) is 75.0 Å². The van der Waals surface area contributed by atoms with Crippen LogP contribution >= 0.6 is 27.3 Å². The largest absolute Gasteiger partial charge is 0.496 e. The third kappa shape index (κ3) is 3.74. The Morgan fingerprint density at radius 1 is 1.22 bits per heavy atom. The molecule has 5 nitrogen and oxygen atoms in total. The van der Waals surface area contributed by atoms with Gasteiger partial charge in [-0.2, -0.15) is 5.10 Å². The molecule has 136 valence electrons. The van der Waals surface area contributed by atoms with Crippen LogP contribution in [-0.2, 0) is 6.54 Å². The number of benzene rings is 2. The highest BCUT2D eigenvalue weighted by molar-refractivity contribution is 9.10. The molecule has 0 fully saturated rings. The number of anilines is 1. The Morgan fingerprint density at radius 2 is 2.00 bits per heavy atom. The van der Waals surface area contributed by atoms with Crippen molar-refractivity contribution < 1.29 is 9.53 Å². The Labute approximate surface area is 168 Å². The number of methoxy groups -OCH3 is 1. The topological polar surface area (TPSA) is 56.1 Å². The van der Waals surface area contributed by atoms with Crippen molar-refractivity contribution in [2.24, 2.45) is 0 Å². The summed E-state index contributed by atoms with van der Waals surface area (Å²) in [5.41, 5.74) is 0.489. The van der Waals surface area contributed by atoms with Gasteiger partial charge in [0.25, 0.3) is 5.91 Å².